The second-order valence-corrected chi connectivity index (χ2v) is 8.67. The van der Waals surface area contributed by atoms with Gasteiger partial charge in [0.2, 0.25) is 10.0 Å². The number of anilines is 1. The smallest absolute Gasteiger partial charge is 0.258 e. The van der Waals surface area contributed by atoms with E-state index in [-0.39, 0.29) is 23.5 Å². The number of nitrogens with zero attached hydrogens (tertiary/aromatic N) is 2. The molecule has 0 bridgehead atoms. The van der Waals surface area contributed by atoms with Crippen LogP contribution >= 0.6 is 0 Å². The fourth-order valence-electron chi connectivity index (χ4n) is 3.00. The minimum absolute atomic E-state index is 0.136. The van der Waals surface area contributed by atoms with Gasteiger partial charge in [-0.05, 0) is 54.5 Å². The van der Waals surface area contributed by atoms with Gasteiger partial charge in [-0.3, -0.25) is 4.79 Å². The maximum absolute atomic E-state index is 14.4. The molecule has 1 amide bonds. The zero-order chi connectivity index (χ0) is 23.1. The van der Waals surface area contributed by atoms with Crippen LogP contribution in [0.3, 0.4) is 0 Å². The van der Waals surface area contributed by atoms with Gasteiger partial charge in [0, 0.05) is 30.5 Å². The molecule has 2 aromatic carbocycles. The Morgan fingerprint density at radius 2 is 1.81 bits per heavy atom. The number of benzene rings is 2. The van der Waals surface area contributed by atoms with E-state index in [0.717, 1.165) is 18.2 Å². The topological polar surface area (TPSA) is 79.4 Å². The first-order chi connectivity index (χ1) is 15.3. The van der Waals surface area contributed by atoms with Gasteiger partial charge in [0.15, 0.2) is 0 Å². The number of aromatic nitrogens is 1. The third kappa shape index (κ3) is 5.38. The highest BCUT2D eigenvalue weighted by Crippen LogP contribution is 2.20. The van der Waals surface area contributed by atoms with Gasteiger partial charge in [-0.25, -0.2) is 17.8 Å². The molecule has 0 radical (unpaired) electrons. The van der Waals surface area contributed by atoms with E-state index in [0.29, 0.717) is 16.9 Å². The lowest BCUT2D eigenvalue weighted by Crippen LogP contribution is -2.31. The molecule has 6 nitrogen and oxygen atoms in total. The van der Waals surface area contributed by atoms with Gasteiger partial charge in [-0.15, -0.1) is 0 Å². The van der Waals surface area contributed by atoms with Crippen LogP contribution in [0.2, 0.25) is 0 Å². The van der Waals surface area contributed by atoms with Crippen molar-refractivity contribution in [1.82, 2.24) is 9.29 Å². The number of hydrogen-bond acceptors (Lipinski definition) is 4. The lowest BCUT2D eigenvalue weighted by molar-refractivity contribution is 0.102. The lowest BCUT2D eigenvalue weighted by atomic mass is 10.1. The van der Waals surface area contributed by atoms with Gasteiger partial charge in [0.05, 0.1) is 10.5 Å². The van der Waals surface area contributed by atoms with Gasteiger partial charge in [0.1, 0.15) is 11.5 Å². The molecule has 0 aliphatic rings. The quantitative estimate of drug-likeness (QED) is 0.577. The molecule has 1 N–H and O–H groups in total. The number of hydrogen-bond donors (Lipinski definition) is 1. The van der Waals surface area contributed by atoms with E-state index in [9.17, 15) is 17.6 Å². The molecule has 32 heavy (non-hydrogen) atoms. The predicted molar refractivity (Wildman–Crippen MR) is 121 cm³/mol. The zero-order valence-electron chi connectivity index (χ0n) is 17.7. The van der Waals surface area contributed by atoms with E-state index in [4.69, 9.17) is 0 Å². The average molecular weight is 452 g/mol. The third-order valence-electron chi connectivity index (χ3n) is 4.65. The molecule has 0 saturated heterocycles. The highest BCUT2D eigenvalue weighted by Gasteiger charge is 2.24. The van der Waals surface area contributed by atoms with Crippen LogP contribution in [0.15, 0.2) is 71.8 Å². The maximum atomic E-state index is 14.4. The first kappa shape index (κ1) is 23.1. The Bertz CT molecular complexity index is 1280. The van der Waals surface area contributed by atoms with Gasteiger partial charge in [-0.2, -0.15) is 4.31 Å². The summed E-state index contributed by atoms with van der Waals surface area (Å²) >= 11 is 0. The molecule has 0 aliphatic carbocycles. The normalized spacial score (nSPS) is 11.0. The predicted octanol–water partition coefficient (Wildman–Crippen LogP) is 3.90. The second kappa shape index (κ2) is 10.2. The Kier molecular flexibility index (Phi) is 7.36. The van der Waals surface area contributed by atoms with E-state index in [1.165, 1.54) is 4.31 Å². The number of nitrogens with one attached hydrogen (secondary N) is 1. The fourth-order valence-corrected chi connectivity index (χ4v) is 4.48. The Hall–Kier alpha value is -3.54. The van der Waals surface area contributed by atoms with Crippen molar-refractivity contribution < 1.29 is 17.6 Å². The molecule has 164 valence electrons. The van der Waals surface area contributed by atoms with E-state index in [1.807, 2.05) is 6.07 Å². The number of halogens is 1. The molecule has 3 aromatic rings. The monoisotopic (exact) mass is 451 g/mol. The summed E-state index contributed by atoms with van der Waals surface area (Å²) in [4.78, 5) is 16.7. The number of sulfonamides is 1. The van der Waals surface area contributed by atoms with Gasteiger partial charge < -0.3 is 5.32 Å². The van der Waals surface area contributed by atoms with Crippen molar-refractivity contribution in [3.8, 4) is 11.8 Å². The van der Waals surface area contributed by atoms with Crippen LogP contribution in [-0.2, 0) is 10.0 Å². The van der Waals surface area contributed by atoms with Crippen molar-refractivity contribution in [1.29, 1.82) is 0 Å². The number of carbonyl (C=O) groups is 1. The van der Waals surface area contributed by atoms with Crippen LogP contribution in [0.4, 0.5) is 10.1 Å². The Balaban J connectivity index is 1.84. The van der Waals surface area contributed by atoms with Crippen molar-refractivity contribution in [3.05, 3.63) is 89.5 Å². The summed E-state index contributed by atoms with van der Waals surface area (Å²) in [7, 11) is -3.82. The van der Waals surface area contributed by atoms with E-state index in [1.54, 1.807) is 56.4 Å². The van der Waals surface area contributed by atoms with Crippen LogP contribution < -0.4 is 5.32 Å². The van der Waals surface area contributed by atoms with Crippen LogP contribution in [0.5, 0.6) is 0 Å². The van der Waals surface area contributed by atoms with Crippen LogP contribution in [0, 0.1) is 17.7 Å². The molecule has 0 saturated carbocycles. The number of carbonyl (C=O) groups excluding carboxylic acids is 1. The molecule has 0 unspecified atom stereocenters. The molecule has 1 aromatic heterocycles. The van der Waals surface area contributed by atoms with E-state index in [2.05, 4.69) is 22.1 Å². The zero-order valence-corrected chi connectivity index (χ0v) is 18.5. The summed E-state index contributed by atoms with van der Waals surface area (Å²) in [5.41, 5.74) is 1.28. The molecule has 0 fully saturated rings. The molecule has 3 rings (SSSR count). The minimum Gasteiger partial charge on any atom is -0.322 e. The van der Waals surface area contributed by atoms with Gasteiger partial charge in [-0.1, -0.05) is 31.9 Å². The van der Waals surface area contributed by atoms with Crippen LogP contribution in [0.1, 0.15) is 35.5 Å². The first-order valence-corrected chi connectivity index (χ1v) is 11.4. The molecular weight excluding hydrogens is 429 g/mol. The summed E-state index contributed by atoms with van der Waals surface area (Å²) < 4.78 is 41.1. The largest absolute Gasteiger partial charge is 0.322 e. The maximum Gasteiger partial charge on any atom is 0.258 e. The van der Waals surface area contributed by atoms with Crippen LogP contribution in [0.25, 0.3) is 0 Å². The molecule has 1 heterocycles. The minimum atomic E-state index is -3.82. The summed E-state index contributed by atoms with van der Waals surface area (Å²) in [6.07, 6.45) is 1.64. The summed E-state index contributed by atoms with van der Waals surface area (Å²) in [6.45, 7) is 3.96. The van der Waals surface area contributed by atoms with Crippen molar-refractivity contribution in [2.24, 2.45) is 0 Å². The number of amides is 1. The molecule has 0 atom stereocenters. The van der Waals surface area contributed by atoms with Gasteiger partial charge >= 0.3 is 0 Å². The SMILES string of the molecule is CCN(CC)S(=O)(=O)c1ccc(F)c(C(=O)Nc2cccc(C#Cc3ccccn3)c2)c1. The van der Waals surface area contributed by atoms with E-state index < -0.39 is 21.7 Å². The Morgan fingerprint density at radius 3 is 2.50 bits per heavy atom. The summed E-state index contributed by atoms with van der Waals surface area (Å²) in [5, 5.41) is 2.60. The highest BCUT2D eigenvalue weighted by molar-refractivity contribution is 7.89. The first-order valence-electron chi connectivity index (χ1n) is 9.99. The molecule has 0 spiro atoms. The fraction of sp³-hybridized carbons (Fsp3) is 0.167. The van der Waals surface area contributed by atoms with Crippen molar-refractivity contribution in [2.75, 3.05) is 18.4 Å². The van der Waals surface area contributed by atoms with Crippen LogP contribution in [-0.4, -0.2) is 36.7 Å². The van der Waals surface area contributed by atoms with E-state index >= 15 is 0 Å². The second-order valence-electron chi connectivity index (χ2n) is 6.73. The molecule has 8 heteroatoms. The van der Waals surface area contributed by atoms with Crippen molar-refractivity contribution >= 4 is 21.6 Å². The summed E-state index contributed by atoms with van der Waals surface area (Å²) in [5.74, 6) is 4.31. The Labute approximate surface area is 187 Å². The number of rotatable bonds is 6. The molecule has 0 aliphatic heterocycles. The van der Waals surface area contributed by atoms with Gasteiger partial charge in [0.25, 0.3) is 5.91 Å². The van der Waals surface area contributed by atoms with Crippen molar-refractivity contribution in [3.63, 3.8) is 0 Å². The number of pyridine rings is 1. The summed E-state index contributed by atoms with van der Waals surface area (Å²) in [6, 6.07) is 15.4. The lowest BCUT2D eigenvalue weighted by Gasteiger charge is -2.19. The standard InChI is InChI=1S/C24H22FN3O3S/c1-3-28(4-2)32(30,31)21-13-14-23(25)22(17-21)24(29)27-20-10-7-8-18(16-20)11-12-19-9-5-6-15-26-19/h5-10,13-17H,3-4H2,1-2H3,(H,27,29). The average Bonchev–Trinajstić information content (AvgIpc) is 2.79. The molecular formula is C24H22FN3O3S. The highest BCUT2D eigenvalue weighted by atomic mass is 32.2. The third-order valence-corrected chi connectivity index (χ3v) is 6.69. The Morgan fingerprint density at radius 1 is 1.03 bits per heavy atom. The van der Waals surface area contributed by atoms with Crippen molar-refractivity contribution in [2.45, 2.75) is 18.7 Å².